The molecule has 1 aliphatic carbocycles. The normalized spacial score (nSPS) is 13.3. The van der Waals surface area contributed by atoms with Crippen molar-refractivity contribution in [3.63, 3.8) is 0 Å². The van der Waals surface area contributed by atoms with Crippen LogP contribution in [0.15, 0.2) is 230 Å². The van der Waals surface area contributed by atoms with Gasteiger partial charge < -0.3 is 19.6 Å². The third-order valence-electron chi connectivity index (χ3n) is 11.5. The Hall–Kier alpha value is -7.56. The van der Waals surface area contributed by atoms with Crippen LogP contribution < -0.4 is 19.6 Å². The first kappa shape index (κ1) is 39.9. The van der Waals surface area contributed by atoms with E-state index in [0.717, 1.165) is 63.3 Å². The minimum Gasteiger partial charge on any atom is -0.334 e. The summed E-state index contributed by atoms with van der Waals surface area (Å²) in [6.45, 7) is 8.67. The van der Waals surface area contributed by atoms with Crippen molar-refractivity contribution in [2.24, 2.45) is 0 Å². The lowest BCUT2D eigenvalue weighted by molar-refractivity contribution is 0.778. The maximum absolute atomic E-state index is 2.46. The van der Waals surface area contributed by atoms with Crippen LogP contribution in [0.1, 0.15) is 30.0 Å². The third kappa shape index (κ3) is 8.68. The van der Waals surface area contributed by atoms with Gasteiger partial charge in [-0.15, -0.1) is 0 Å². The van der Waals surface area contributed by atoms with Gasteiger partial charge >= 0.3 is 0 Å². The molecule has 0 bridgehead atoms. The summed E-state index contributed by atoms with van der Waals surface area (Å²) < 4.78 is 0. The van der Waals surface area contributed by atoms with Crippen LogP contribution in [-0.4, -0.2) is 6.04 Å². The topological polar surface area (TPSA) is 13.0 Å². The predicted octanol–water partition coefficient (Wildman–Crippen LogP) is 16.4. The van der Waals surface area contributed by atoms with Crippen LogP contribution in [-0.2, 0) is 0 Å². The smallest absolute Gasteiger partial charge is 0.0562 e. The van der Waals surface area contributed by atoms with Crippen molar-refractivity contribution in [3.05, 3.63) is 247 Å². The van der Waals surface area contributed by atoms with Crippen molar-refractivity contribution in [2.45, 2.75) is 40.2 Å². The second-order valence-corrected chi connectivity index (χ2v) is 16.2. The summed E-state index contributed by atoms with van der Waals surface area (Å²) in [6.07, 6.45) is 7.83. The van der Waals surface area contributed by atoms with Crippen LogP contribution in [0.5, 0.6) is 0 Å². The average Bonchev–Trinajstić information content (AvgIpc) is 3.29. The lowest BCUT2D eigenvalue weighted by Crippen LogP contribution is -2.30. The maximum atomic E-state index is 2.46. The fraction of sp³-hybridized carbons (Fsp3) is 0.103. The van der Waals surface area contributed by atoms with Gasteiger partial charge in [0, 0.05) is 62.6 Å². The highest BCUT2D eigenvalue weighted by molar-refractivity contribution is 5.84. The first-order chi connectivity index (χ1) is 30.4. The summed E-state index contributed by atoms with van der Waals surface area (Å²) in [5.74, 6) is 0. The van der Waals surface area contributed by atoms with Gasteiger partial charge in [0.05, 0.1) is 6.04 Å². The number of para-hydroxylation sites is 3. The molecule has 0 radical (unpaired) electrons. The lowest BCUT2D eigenvalue weighted by Gasteiger charge is -2.34. The predicted molar refractivity (Wildman–Crippen MR) is 265 cm³/mol. The molecule has 8 aromatic rings. The number of nitrogens with zero attached hydrogens (tertiary/aromatic N) is 4. The van der Waals surface area contributed by atoms with Gasteiger partial charge in [-0.25, -0.2) is 0 Å². The van der Waals surface area contributed by atoms with Gasteiger partial charge in [0.25, 0.3) is 0 Å². The molecule has 8 aromatic carbocycles. The van der Waals surface area contributed by atoms with Crippen LogP contribution in [0.3, 0.4) is 0 Å². The zero-order valence-electron chi connectivity index (χ0n) is 35.9. The molecule has 4 nitrogen and oxygen atoms in total. The van der Waals surface area contributed by atoms with Crippen LogP contribution in [0.4, 0.5) is 62.6 Å². The Bertz CT molecular complexity index is 2770. The highest BCUT2D eigenvalue weighted by Crippen LogP contribution is 2.43. The molecule has 0 saturated carbocycles. The molecule has 0 aromatic heterocycles. The number of hydrogen-bond acceptors (Lipinski definition) is 4. The van der Waals surface area contributed by atoms with E-state index in [9.17, 15) is 0 Å². The number of hydrogen-bond donors (Lipinski definition) is 0. The summed E-state index contributed by atoms with van der Waals surface area (Å²) in [6, 6.07) is 74.7. The van der Waals surface area contributed by atoms with E-state index in [1.165, 1.54) is 28.0 Å². The summed E-state index contributed by atoms with van der Waals surface area (Å²) in [7, 11) is 0. The largest absolute Gasteiger partial charge is 0.334 e. The van der Waals surface area contributed by atoms with Crippen molar-refractivity contribution in [3.8, 4) is 0 Å². The van der Waals surface area contributed by atoms with Crippen molar-refractivity contribution in [1.29, 1.82) is 0 Å². The molecule has 0 fully saturated rings. The molecule has 1 atom stereocenters. The molecule has 0 spiro atoms. The van der Waals surface area contributed by atoms with Gasteiger partial charge in [-0.05, 0) is 184 Å². The number of allylic oxidation sites excluding steroid dienone is 2. The van der Waals surface area contributed by atoms with E-state index in [4.69, 9.17) is 0 Å². The number of aryl methyl sites for hydroxylation is 3. The second kappa shape index (κ2) is 18.0. The molecule has 4 heteroatoms. The third-order valence-corrected chi connectivity index (χ3v) is 11.5. The average molecular weight is 805 g/mol. The van der Waals surface area contributed by atoms with E-state index in [-0.39, 0.29) is 6.04 Å². The van der Waals surface area contributed by atoms with E-state index in [1.807, 2.05) is 0 Å². The standard InChI is InChI=1S/C58H52N4/c1-43-16-14-24-56(39-43)60(47-18-8-5-9-19-47)53-32-26-50(27-33-53)59(51-28-34-54(35-29-51)61(48-20-10-6-11-21-48)57-25-15-17-44(2)40-57)52-30-36-55(37-31-52)62(49-22-12-7-13-23-49)58-41-45(3)38-46(4)42-58/h5-24,26-42,57H,25H2,1-4H3. The van der Waals surface area contributed by atoms with E-state index >= 15 is 0 Å². The fourth-order valence-corrected chi connectivity index (χ4v) is 8.73. The van der Waals surface area contributed by atoms with Crippen LogP contribution in [0, 0.1) is 20.8 Å². The Balaban J connectivity index is 1.13. The van der Waals surface area contributed by atoms with Crippen LogP contribution in [0.2, 0.25) is 0 Å². The highest BCUT2D eigenvalue weighted by atomic mass is 15.2. The molecule has 0 N–H and O–H groups in total. The van der Waals surface area contributed by atoms with Crippen molar-refractivity contribution >= 4 is 62.6 Å². The van der Waals surface area contributed by atoms with Crippen molar-refractivity contribution in [2.75, 3.05) is 19.6 Å². The first-order valence-corrected chi connectivity index (χ1v) is 21.5. The fourth-order valence-electron chi connectivity index (χ4n) is 8.73. The molecule has 1 aliphatic rings. The molecule has 0 saturated heterocycles. The molecule has 0 amide bonds. The highest BCUT2D eigenvalue weighted by Gasteiger charge is 2.22. The van der Waals surface area contributed by atoms with Gasteiger partial charge in [0.1, 0.15) is 0 Å². The Kier molecular flexibility index (Phi) is 11.6. The van der Waals surface area contributed by atoms with E-state index < -0.39 is 0 Å². The monoisotopic (exact) mass is 804 g/mol. The number of rotatable bonds is 12. The van der Waals surface area contributed by atoms with E-state index in [2.05, 4.69) is 272 Å². The van der Waals surface area contributed by atoms with Gasteiger partial charge in [-0.3, -0.25) is 0 Å². The minimum atomic E-state index is 0.218. The van der Waals surface area contributed by atoms with Gasteiger partial charge in [0.2, 0.25) is 0 Å². The molecule has 0 aliphatic heterocycles. The Morgan fingerprint density at radius 1 is 0.323 bits per heavy atom. The van der Waals surface area contributed by atoms with Crippen LogP contribution in [0.25, 0.3) is 0 Å². The SMILES string of the molecule is CC1=CC(N(c2ccccc2)c2ccc(N(c3ccc(N(c4ccccc4)c4cccc(C)c4)cc3)c3ccc(N(c4ccccc4)c4cc(C)cc(C)c4)cc3)cc2)CC=C1. The summed E-state index contributed by atoms with van der Waals surface area (Å²) >= 11 is 0. The molecule has 1 unspecified atom stereocenters. The van der Waals surface area contributed by atoms with Gasteiger partial charge in [-0.2, -0.15) is 0 Å². The van der Waals surface area contributed by atoms with E-state index in [1.54, 1.807) is 0 Å². The van der Waals surface area contributed by atoms with Gasteiger partial charge in [-0.1, -0.05) is 96.6 Å². The quantitative estimate of drug-likeness (QED) is 0.122. The molecule has 62 heavy (non-hydrogen) atoms. The Morgan fingerprint density at radius 2 is 0.677 bits per heavy atom. The zero-order valence-corrected chi connectivity index (χ0v) is 35.9. The molecular formula is C58H52N4. The van der Waals surface area contributed by atoms with Crippen molar-refractivity contribution in [1.82, 2.24) is 0 Å². The molecule has 304 valence electrons. The summed E-state index contributed by atoms with van der Waals surface area (Å²) in [4.78, 5) is 9.49. The van der Waals surface area contributed by atoms with Crippen LogP contribution >= 0.6 is 0 Å². The Morgan fingerprint density at radius 3 is 1.13 bits per heavy atom. The maximum Gasteiger partial charge on any atom is 0.0562 e. The van der Waals surface area contributed by atoms with Gasteiger partial charge in [0.15, 0.2) is 0 Å². The lowest BCUT2D eigenvalue weighted by atomic mass is 10.0. The number of anilines is 11. The Labute approximate surface area is 367 Å². The molecule has 9 rings (SSSR count). The second-order valence-electron chi connectivity index (χ2n) is 16.2. The van der Waals surface area contributed by atoms with Crippen molar-refractivity contribution < 1.29 is 0 Å². The summed E-state index contributed by atoms with van der Waals surface area (Å²) in [5, 5.41) is 0. The zero-order chi connectivity index (χ0) is 42.4. The first-order valence-electron chi connectivity index (χ1n) is 21.5. The molecular weight excluding hydrogens is 753 g/mol. The van der Waals surface area contributed by atoms with E-state index in [0.29, 0.717) is 0 Å². The summed E-state index contributed by atoms with van der Waals surface area (Å²) in [5.41, 5.74) is 17.2. The molecule has 0 heterocycles. The number of benzene rings is 8. The minimum absolute atomic E-state index is 0.218.